The van der Waals surface area contributed by atoms with E-state index in [-0.39, 0.29) is 12.3 Å². The maximum Gasteiger partial charge on any atom is 0.460 e. The van der Waals surface area contributed by atoms with Gasteiger partial charge in [-0.3, -0.25) is 5.32 Å². The van der Waals surface area contributed by atoms with Gasteiger partial charge in [0.15, 0.2) is 0 Å². The van der Waals surface area contributed by atoms with E-state index in [4.69, 9.17) is 0 Å². The molecule has 2 aromatic rings. The van der Waals surface area contributed by atoms with E-state index in [1.807, 2.05) is 19.1 Å². The molecule has 0 aliphatic rings. The number of nitrogens with one attached hydrogen (secondary N) is 1. The molecule has 0 fully saturated rings. The minimum Gasteiger partial charge on any atom is -0.253 e. The van der Waals surface area contributed by atoms with Crippen LogP contribution in [0.2, 0.25) is 0 Å². The van der Waals surface area contributed by atoms with Crippen LogP contribution >= 0.6 is 0 Å². The molecule has 198 valence electrons. The van der Waals surface area contributed by atoms with E-state index in [1.165, 1.54) is 11.1 Å². The smallest absolute Gasteiger partial charge is 0.253 e. The monoisotopic (exact) mass is 515 g/mol. The Morgan fingerprint density at radius 1 is 0.657 bits per heavy atom. The Kier molecular flexibility index (Phi) is 11.6. The van der Waals surface area contributed by atoms with Crippen molar-refractivity contribution >= 4 is 0 Å². The first kappa shape index (κ1) is 30.8. The zero-order valence-corrected chi connectivity index (χ0v) is 19.5. The standard InChI is InChI=1S/C13H20F9N.C12H10/c1-3-5-6-9(4-2)7-8-23-13(21,22)11(16,17)10(14,15)12(18,19)20;1-3-7-11(8-4-1)12-9-5-2-6-10-12/h9,23H,3-8H2,1-2H3;1-10H. The Morgan fingerprint density at radius 3 is 1.49 bits per heavy atom. The second kappa shape index (κ2) is 13.2. The number of hydrogen-bond donors (Lipinski definition) is 1. The Balaban J connectivity index is 0.000000420. The Labute approximate surface area is 199 Å². The van der Waals surface area contributed by atoms with Gasteiger partial charge in [-0.15, -0.1) is 0 Å². The van der Waals surface area contributed by atoms with E-state index in [0.717, 1.165) is 18.2 Å². The SMILES string of the molecule is CCCCC(CC)CCNC(F)(F)C(F)(F)C(F)(F)C(F)(F)F.c1ccc(-c2ccccc2)cc1. The molecule has 1 atom stereocenters. The lowest BCUT2D eigenvalue weighted by molar-refractivity contribution is -0.400. The topological polar surface area (TPSA) is 12.0 Å². The van der Waals surface area contributed by atoms with E-state index in [1.54, 1.807) is 6.92 Å². The van der Waals surface area contributed by atoms with Crippen molar-refractivity contribution in [2.45, 2.75) is 70.0 Å². The maximum atomic E-state index is 13.2. The Hall–Kier alpha value is -2.23. The highest BCUT2D eigenvalue weighted by Gasteiger charge is 2.81. The summed E-state index contributed by atoms with van der Waals surface area (Å²) in [7, 11) is 0. The summed E-state index contributed by atoms with van der Waals surface area (Å²) in [5, 5.41) is 0.855. The maximum absolute atomic E-state index is 13.2. The minimum absolute atomic E-state index is 0.0280. The lowest BCUT2D eigenvalue weighted by Crippen LogP contribution is -2.65. The number of unbranched alkanes of at least 4 members (excludes halogenated alkanes) is 1. The normalized spacial score (nSPS) is 13.7. The van der Waals surface area contributed by atoms with Crippen molar-refractivity contribution in [3.05, 3.63) is 60.7 Å². The fourth-order valence-corrected chi connectivity index (χ4v) is 3.23. The van der Waals surface area contributed by atoms with Gasteiger partial charge in [0, 0.05) is 6.54 Å². The average molecular weight is 516 g/mol. The summed E-state index contributed by atoms with van der Waals surface area (Å²) in [5.41, 5.74) is 2.55. The third-order valence-corrected chi connectivity index (χ3v) is 5.47. The van der Waals surface area contributed by atoms with Crippen molar-refractivity contribution in [1.82, 2.24) is 5.32 Å². The van der Waals surface area contributed by atoms with E-state index in [2.05, 4.69) is 48.5 Å². The number of alkyl halides is 9. The molecule has 2 aromatic carbocycles. The lowest BCUT2D eigenvalue weighted by Gasteiger charge is -2.34. The van der Waals surface area contributed by atoms with Crippen molar-refractivity contribution in [3.8, 4) is 11.1 Å². The lowest BCUT2D eigenvalue weighted by atomic mass is 9.96. The van der Waals surface area contributed by atoms with Gasteiger partial charge in [-0.2, -0.15) is 39.5 Å². The molecule has 0 saturated heterocycles. The summed E-state index contributed by atoms with van der Waals surface area (Å²) >= 11 is 0. The van der Waals surface area contributed by atoms with E-state index in [0.29, 0.717) is 12.8 Å². The van der Waals surface area contributed by atoms with Gasteiger partial charge in [-0.05, 0) is 23.5 Å². The van der Waals surface area contributed by atoms with Crippen LogP contribution < -0.4 is 5.32 Å². The van der Waals surface area contributed by atoms with Crippen LogP contribution in [0.15, 0.2) is 60.7 Å². The zero-order chi connectivity index (χ0) is 26.8. The van der Waals surface area contributed by atoms with Gasteiger partial charge in [-0.1, -0.05) is 100 Å². The van der Waals surface area contributed by atoms with Crippen molar-refractivity contribution in [1.29, 1.82) is 0 Å². The van der Waals surface area contributed by atoms with Crippen LogP contribution in [0, 0.1) is 5.92 Å². The molecule has 0 bridgehead atoms. The number of hydrogen-bond acceptors (Lipinski definition) is 1. The zero-order valence-electron chi connectivity index (χ0n) is 19.5. The van der Waals surface area contributed by atoms with Crippen molar-refractivity contribution in [2.24, 2.45) is 5.92 Å². The van der Waals surface area contributed by atoms with Gasteiger partial charge in [-0.25, -0.2) is 0 Å². The van der Waals surface area contributed by atoms with Crippen LogP contribution in [0.3, 0.4) is 0 Å². The molecule has 0 aliphatic heterocycles. The fraction of sp³-hybridized carbons (Fsp3) is 0.520. The Morgan fingerprint density at radius 2 is 1.11 bits per heavy atom. The third-order valence-electron chi connectivity index (χ3n) is 5.47. The molecule has 2 rings (SSSR count). The number of halogens is 9. The van der Waals surface area contributed by atoms with Gasteiger partial charge in [0.2, 0.25) is 0 Å². The van der Waals surface area contributed by atoms with Gasteiger partial charge in [0.05, 0.1) is 0 Å². The van der Waals surface area contributed by atoms with Gasteiger partial charge in [0.25, 0.3) is 0 Å². The first-order valence-electron chi connectivity index (χ1n) is 11.3. The molecule has 0 saturated carbocycles. The molecular formula is C25H30F9N. The molecule has 1 nitrogen and oxygen atoms in total. The van der Waals surface area contributed by atoms with Crippen molar-refractivity contribution in [3.63, 3.8) is 0 Å². The number of benzene rings is 2. The van der Waals surface area contributed by atoms with Crippen molar-refractivity contribution in [2.75, 3.05) is 6.54 Å². The van der Waals surface area contributed by atoms with E-state index < -0.39 is 30.6 Å². The van der Waals surface area contributed by atoms with Crippen LogP contribution in [-0.4, -0.2) is 30.6 Å². The molecular weight excluding hydrogens is 485 g/mol. The molecule has 0 aliphatic carbocycles. The molecule has 0 amide bonds. The van der Waals surface area contributed by atoms with Gasteiger partial charge < -0.3 is 0 Å². The summed E-state index contributed by atoms with van der Waals surface area (Å²) in [6.45, 7) is 2.84. The fourth-order valence-electron chi connectivity index (χ4n) is 3.23. The predicted octanol–water partition coefficient (Wildman–Crippen LogP) is 8.96. The van der Waals surface area contributed by atoms with Crippen LogP contribution in [0.1, 0.15) is 46.0 Å². The summed E-state index contributed by atoms with van der Waals surface area (Å²) in [4.78, 5) is 0. The van der Waals surface area contributed by atoms with E-state index >= 15 is 0 Å². The molecule has 0 radical (unpaired) electrons. The minimum atomic E-state index is -6.84. The molecule has 10 heteroatoms. The van der Waals surface area contributed by atoms with Crippen LogP contribution in [0.4, 0.5) is 39.5 Å². The first-order valence-corrected chi connectivity index (χ1v) is 11.3. The second-order valence-corrected chi connectivity index (χ2v) is 8.08. The molecule has 0 spiro atoms. The first-order chi connectivity index (χ1) is 16.2. The van der Waals surface area contributed by atoms with Gasteiger partial charge >= 0.3 is 24.1 Å². The quantitative estimate of drug-likeness (QED) is 0.233. The van der Waals surface area contributed by atoms with Crippen LogP contribution in [-0.2, 0) is 0 Å². The summed E-state index contributed by atoms with van der Waals surface area (Å²) in [5.74, 6) is -13.5. The molecule has 0 heterocycles. The molecule has 0 aromatic heterocycles. The largest absolute Gasteiger partial charge is 0.460 e. The average Bonchev–Trinajstić information content (AvgIpc) is 2.82. The molecule has 1 unspecified atom stereocenters. The number of rotatable bonds is 11. The van der Waals surface area contributed by atoms with Crippen molar-refractivity contribution < 1.29 is 39.5 Å². The van der Waals surface area contributed by atoms with Crippen LogP contribution in [0.5, 0.6) is 0 Å². The summed E-state index contributed by atoms with van der Waals surface area (Å²) < 4.78 is 113. The molecule has 1 N–H and O–H groups in total. The third kappa shape index (κ3) is 8.44. The molecule has 35 heavy (non-hydrogen) atoms. The Bertz CT molecular complexity index is 800. The van der Waals surface area contributed by atoms with Gasteiger partial charge in [0.1, 0.15) is 0 Å². The highest BCUT2D eigenvalue weighted by atomic mass is 19.4. The highest BCUT2D eigenvalue weighted by Crippen LogP contribution is 2.52. The van der Waals surface area contributed by atoms with E-state index in [9.17, 15) is 39.5 Å². The van der Waals surface area contributed by atoms with Crippen LogP contribution in [0.25, 0.3) is 11.1 Å². The second-order valence-electron chi connectivity index (χ2n) is 8.08. The highest BCUT2D eigenvalue weighted by molar-refractivity contribution is 5.62. The summed E-state index contributed by atoms with van der Waals surface area (Å²) in [6.07, 6.45) is -4.01. The predicted molar refractivity (Wildman–Crippen MR) is 119 cm³/mol. The summed E-state index contributed by atoms with van der Waals surface area (Å²) in [6, 6.07) is 15.1.